The molecule has 0 saturated carbocycles. The van der Waals surface area contributed by atoms with Crippen molar-refractivity contribution in [1.82, 2.24) is 24.8 Å². The molecule has 3 saturated heterocycles. The van der Waals surface area contributed by atoms with Gasteiger partial charge in [0.2, 0.25) is 0 Å². The fraction of sp³-hybridized carbons (Fsp3) is 0.816. The molecule has 3 aliphatic rings. The number of unbranched alkanes of at least 4 members (excludes halogenated alkanes) is 1. The van der Waals surface area contributed by atoms with Gasteiger partial charge in [-0.3, -0.25) is 14.4 Å². The Balaban J connectivity index is 1.52. The molecule has 0 radical (unpaired) electrons. The van der Waals surface area contributed by atoms with Gasteiger partial charge in [0.25, 0.3) is 0 Å². The smallest absolute Gasteiger partial charge is 0.311 e. The summed E-state index contributed by atoms with van der Waals surface area (Å²) in [6.07, 6.45) is -0.909. The molecule has 0 aliphatic carbocycles. The Hall–Kier alpha value is -2.61. The first-order chi connectivity index (χ1) is 30.6. The summed E-state index contributed by atoms with van der Waals surface area (Å²) < 4.78 is 46.9. The third-order valence-electron chi connectivity index (χ3n) is 14.8. The summed E-state index contributed by atoms with van der Waals surface area (Å²) in [4.78, 5) is 18.7. The molecule has 4 heterocycles. The van der Waals surface area contributed by atoms with Crippen molar-refractivity contribution in [2.24, 2.45) is 23.7 Å². The lowest BCUT2D eigenvalue weighted by atomic mass is 9.75. The van der Waals surface area contributed by atoms with Gasteiger partial charge in [0.15, 0.2) is 12.6 Å². The van der Waals surface area contributed by atoms with Crippen molar-refractivity contribution < 1.29 is 53.3 Å². The minimum absolute atomic E-state index is 0.0208. The van der Waals surface area contributed by atoms with Crippen LogP contribution in [0.4, 0.5) is 0 Å². The number of nitrogens with zero attached hydrogens (tertiary/aromatic N) is 5. The van der Waals surface area contributed by atoms with Crippen LogP contribution in [0.2, 0.25) is 0 Å². The molecule has 0 bridgehead atoms. The van der Waals surface area contributed by atoms with E-state index in [1.165, 1.54) is 5.56 Å². The van der Waals surface area contributed by atoms with Crippen LogP contribution < -0.4 is 0 Å². The summed E-state index contributed by atoms with van der Waals surface area (Å²) in [5, 5.41) is 43.9. The number of likely N-dealkylation sites (N-methyl/N-ethyl adjacent to an activating group) is 2. The SMILES string of the molecule is CCCCc1ccc(-c2cn(C[C@@H]3COC(=O)[C@H](C)[C@@H](O[C@H]4C[C@@](C)(OC)[C@@H](O)[C@H](C)O4)[C@H](C)[C@@H](O[C@@H]4O[C@H](C)C[C@H](N(C)C)[C@H]4O)[C@](C)(OC)C[C@@H](C)[C@H](O)[C@H](C)CN3C)nn2)cc1. The summed E-state index contributed by atoms with van der Waals surface area (Å²) in [6, 6.07) is 7.85. The van der Waals surface area contributed by atoms with E-state index >= 15 is 0 Å². The van der Waals surface area contributed by atoms with E-state index in [-0.39, 0.29) is 43.1 Å². The third-order valence-corrected chi connectivity index (χ3v) is 14.8. The van der Waals surface area contributed by atoms with Crippen molar-refractivity contribution >= 4 is 5.97 Å². The zero-order chi connectivity index (χ0) is 48.0. The fourth-order valence-electron chi connectivity index (χ4n) is 10.3. The number of aliphatic hydroxyl groups is 3. The first-order valence-electron chi connectivity index (χ1n) is 23.9. The number of hydrogen-bond donors (Lipinski definition) is 3. The number of aryl methyl sites for hydroxylation is 1. The molecule has 17 atom stereocenters. The van der Waals surface area contributed by atoms with E-state index in [1.807, 2.05) is 73.8 Å². The summed E-state index contributed by atoms with van der Waals surface area (Å²) >= 11 is 0. The second-order valence-electron chi connectivity index (χ2n) is 20.3. The van der Waals surface area contributed by atoms with Crippen molar-refractivity contribution in [3.05, 3.63) is 36.0 Å². The van der Waals surface area contributed by atoms with Crippen molar-refractivity contribution in [2.45, 2.75) is 186 Å². The Morgan fingerprint density at radius 2 is 1.58 bits per heavy atom. The molecule has 3 N–H and O–H groups in total. The Labute approximate surface area is 388 Å². The monoisotopic (exact) mass is 918 g/mol. The highest BCUT2D eigenvalue weighted by atomic mass is 16.7. The quantitative estimate of drug-likeness (QED) is 0.230. The number of esters is 1. The zero-order valence-electron chi connectivity index (χ0n) is 41.8. The second-order valence-corrected chi connectivity index (χ2v) is 20.3. The average molecular weight is 918 g/mol. The number of hydrogen-bond acceptors (Lipinski definition) is 15. The minimum atomic E-state index is -1.10. The molecule has 3 aliphatic heterocycles. The molecule has 370 valence electrons. The highest BCUT2D eigenvalue weighted by molar-refractivity contribution is 5.72. The van der Waals surface area contributed by atoms with E-state index in [0.717, 1.165) is 30.5 Å². The number of benzene rings is 1. The fourth-order valence-corrected chi connectivity index (χ4v) is 10.3. The average Bonchev–Trinajstić information content (AvgIpc) is 3.75. The van der Waals surface area contributed by atoms with Gasteiger partial charge < -0.3 is 53.4 Å². The number of carbonyl (C=O) groups is 1. The molecule has 16 heteroatoms. The molecular weight excluding hydrogens is 835 g/mol. The van der Waals surface area contributed by atoms with Crippen LogP contribution in [0.3, 0.4) is 0 Å². The van der Waals surface area contributed by atoms with Gasteiger partial charge in [-0.2, -0.15) is 0 Å². The second kappa shape index (κ2) is 23.1. The Bertz CT molecular complexity index is 1770. The Morgan fingerprint density at radius 3 is 2.22 bits per heavy atom. The van der Waals surface area contributed by atoms with Crippen molar-refractivity contribution in [1.29, 1.82) is 0 Å². The number of methoxy groups -OCH3 is 2. The van der Waals surface area contributed by atoms with Crippen LogP contribution in [0.1, 0.15) is 100.0 Å². The van der Waals surface area contributed by atoms with Crippen LogP contribution in [0.15, 0.2) is 30.5 Å². The van der Waals surface area contributed by atoms with E-state index in [2.05, 4.69) is 46.4 Å². The van der Waals surface area contributed by atoms with Crippen LogP contribution in [0.25, 0.3) is 11.3 Å². The van der Waals surface area contributed by atoms with Gasteiger partial charge in [-0.25, -0.2) is 0 Å². The van der Waals surface area contributed by atoms with Crippen molar-refractivity contribution in [3.63, 3.8) is 0 Å². The van der Waals surface area contributed by atoms with Gasteiger partial charge in [-0.1, -0.05) is 63.6 Å². The predicted octanol–water partition coefficient (Wildman–Crippen LogP) is 4.94. The number of cyclic esters (lactones) is 1. The van der Waals surface area contributed by atoms with Crippen LogP contribution in [-0.4, -0.2) is 173 Å². The van der Waals surface area contributed by atoms with E-state index in [9.17, 15) is 20.1 Å². The molecule has 16 nitrogen and oxygen atoms in total. The van der Waals surface area contributed by atoms with Gasteiger partial charge in [0, 0.05) is 44.7 Å². The number of aromatic nitrogens is 3. The number of rotatable bonds is 13. The Kier molecular flexibility index (Phi) is 19.0. The molecule has 5 rings (SSSR count). The van der Waals surface area contributed by atoms with Crippen molar-refractivity contribution in [2.75, 3.05) is 48.5 Å². The lowest BCUT2D eigenvalue weighted by Gasteiger charge is -2.49. The Morgan fingerprint density at radius 1 is 0.908 bits per heavy atom. The van der Waals surface area contributed by atoms with Crippen LogP contribution in [0.5, 0.6) is 0 Å². The summed E-state index contributed by atoms with van der Waals surface area (Å²) in [5.41, 5.74) is 0.905. The molecule has 0 amide bonds. The lowest BCUT2D eigenvalue weighted by Crippen LogP contribution is -2.61. The van der Waals surface area contributed by atoms with E-state index < -0.39 is 78.2 Å². The predicted molar refractivity (Wildman–Crippen MR) is 247 cm³/mol. The van der Waals surface area contributed by atoms with E-state index in [4.69, 9.17) is 33.2 Å². The molecule has 0 spiro atoms. The van der Waals surface area contributed by atoms with E-state index in [1.54, 1.807) is 32.7 Å². The molecule has 0 unspecified atom stereocenters. The first-order valence-corrected chi connectivity index (χ1v) is 23.9. The van der Waals surface area contributed by atoms with Gasteiger partial charge in [0.1, 0.15) is 24.5 Å². The highest BCUT2D eigenvalue weighted by Gasteiger charge is 2.52. The standard InChI is InChI=1S/C49H83N5O11/c1-15-16-17-35-18-20-36(21-19-35)38-27-54(51-50-38)26-37-28-61-46(58)33(6)43(64-40-24-48(8,59-13)44(57)34(7)63-40)32(5)45(65-47-42(56)39(52(10)11)22-31(4)62-47)49(9,60-14)23-29(2)41(55)30(3)25-53(37)12/h18-21,27,29-34,37,39-45,47,55-57H,15-17,22-26,28H2,1-14H3/t29-,30-,31-,32+,33-,34+,37-,39+,40+,41+,42-,43+,44+,45-,47+,48-,49-/m1/s1. The zero-order valence-corrected chi connectivity index (χ0v) is 41.8. The normalized spacial score (nSPS) is 39.7. The number of carbonyl (C=O) groups excluding carboxylic acids is 1. The largest absolute Gasteiger partial charge is 0.464 e. The number of ether oxygens (including phenoxy) is 7. The topological polar surface area (TPSA) is 180 Å². The first kappa shape index (κ1) is 53.3. The molecule has 3 fully saturated rings. The molecule has 1 aromatic heterocycles. The summed E-state index contributed by atoms with van der Waals surface area (Å²) in [7, 11) is 8.98. The van der Waals surface area contributed by atoms with E-state index in [0.29, 0.717) is 25.9 Å². The van der Waals surface area contributed by atoms with Gasteiger partial charge in [0.05, 0.1) is 66.4 Å². The van der Waals surface area contributed by atoms with Crippen molar-refractivity contribution in [3.8, 4) is 11.3 Å². The third kappa shape index (κ3) is 12.9. The van der Waals surface area contributed by atoms with Crippen LogP contribution in [0, 0.1) is 23.7 Å². The van der Waals surface area contributed by atoms with Gasteiger partial charge in [-0.15, -0.1) is 5.10 Å². The maximum absolute atomic E-state index is 14.6. The van der Waals surface area contributed by atoms with Gasteiger partial charge >= 0.3 is 5.97 Å². The summed E-state index contributed by atoms with van der Waals surface area (Å²) in [6.45, 7) is 18.3. The van der Waals surface area contributed by atoms with Crippen LogP contribution in [-0.2, 0) is 50.9 Å². The maximum atomic E-state index is 14.6. The maximum Gasteiger partial charge on any atom is 0.311 e. The molecular formula is C49H83N5O11. The van der Waals surface area contributed by atoms with Gasteiger partial charge in [-0.05, 0) is 98.8 Å². The number of aliphatic hydroxyl groups excluding tert-OH is 3. The highest BCUT2D eigenvalue weighted by Crippen LogP contribution is 2.41. The molecule has 1 aromatic carbocycles. The van der Waals surface area contributed by atoms with Crippen LogP contribution >= 0.6 is 0 Å². The summed E-state index contributed by atoms with van der Waals surface area (Å²) in [5.74, 6) is -2.50. The molecule has 65 heavy (non-hydrogen) atoms. The minimum Gasteiger partial charge on any atom is -0.464 e. The molecule has 2 aromatic rings. The lowest BCUT2D eigenvalue weighted by molar-refractivity contribution is -0.319.